The molecule has 0 unspecified atom stereocenters. The summed E-state index contributed by atoms with van der Waals surface area (Å²) >= 11 is 0. The van der Waals surface area contributed by atoms with Gasteiger partial charge in [-0.05, 0) is 37.3 Å². The molecule has 3 aromatic rings. The molecule has 0 aliphatic heterocycles. The summed E-state index contributed by atoms with van der Waals surface area (Å²) in [5, 5.41) is 6.52. The SMILES string of the molecule is CCN(c1ccccc1)S(=O)(=O)c1cccc(C(=O)Nc2cc(C(C)(C)C)on2)c1. The van der Waals surface area contributed by atoms with Crippen LogP contribution in [0.2, 0.25) is 0 Å². The number of para-hydroxylation sites is 1. The van der Waals surface area contributed by atoms with Crippen LogP contribution >= 0.6 is 0 Å². The lowest BCUT2D eigenvalue weighted by Crippen LogP contribution is -2.31. The molecule has 3 rings (SSSR count). The highest BCUT2D eigenvalue weighted by Gasteiger charge is 2.25. The van der Waals surface area contributed by atoms with Crippen LogP contribution in [0.5, 0.6) is 0 Å². The molecule has 0 aliphatic rings. The number of benzene rings is 2. The van der Waals surface area contributed by atoms with Crippen molar-refractivity contribution in [2.45, 2.75) is 38.0 Å². The fourth-order valence-electron chi connectivity index (χ4n) is 2.89. The Morgan fingerprint density at radius 2 is 1.77 bits per heavy atom. The molecule has 0 saturated heterocycles. The molecule has 1 amide bonds. The topological polar surface area (TPSA) is 92.5 Å². The quantitative estimate of drug-likeness (QED) is 0.628. The van der Waals surface area contributed by atoms with E-state index in [2.05, 4.69) is 10.5 Å². The average Bonchev–Trinajstić information content (AvgIpc) is 3.18. The Labute approximate surface area is 176 Å². The van der Waals surface area contributed by atoms with Crippen LogP contribution < -0.4 is 9.62 Å². The van der Waals surface area contributed by atoms with Gasteiger partial charge in [-0.1, -0.05) is 50.2 Å². The average molecular weight is 428 g/mol. The molecule has 0 spiro atoms. The Bertz CT molecular complexity index is 1130. The molecule has 7 nitrogen and oxygen atoms in total. The Balaban J connectivity index is 1.86. The van der Waals surface area contributed by atoms with E-state index in [-0.39, 0.29) is 28.2 Å². The zero-order valence-corrected chi connectivity index (χ0v) is 18.2. The maximum atomic E-state index is 13.2. The smallest absolute Gasteiger partial charge is 0.264 e. The minimum Gasteiger partial charge on any atom is -0.359 e. The van der Waals surface area contributed by atoms with Crippen molar-refractivity contribution in [3.63, 3.8) is 0 Å². The van der Waals surface area contributed by atoms with Gasteiger partial charge in [0.2, 0.25) is 0 Å². The van der Waals surface area contributed by atoms with Gasteiger partial charge in [-0.15, -0.1) is 0 Å². The van der Waals surface area contributed by atoms with Crippen LogP contribution in [0.15, 0.2) is 70.1 Å². The van der Waals surface area contributed by atoms with Crippen molar-refractivity contribution in [2.24, 2.45) is 0 Å². The molecule has 0 aliphatic carbocycles. The molecule has 0 radical (unpaired) electrons. The Morgan fingerprint density at radius 3 is 2.37 bits per heavy atom. The molecular formula is C22H25N3O4S. The number of hydrogen-bond donors (Lipinski definition) is 1. The van der Waals surface area contributed by atoms with E-state index in [0.717, 1.165) is 0 Å². The predicted octanol–water partition coefficient (Wildman–Crippen LogP) is 4.44. The fraction of sp³-hybridized carbons (Fsp3) is 0.273. The molecule has 30 heavy (non-hydrogen) atoms. The van der Waals surface area contributed by atoms with Crippen LogP contribution in [0.25, 0.3) is 0 Å². The van der Waals surface area contributed by atoms with Gasteiger partial charge in [-0.3, -0.25) is 9.10 Å². The van der Waals surface area contributed by atoms with E-state index in [9.17, 15) is 13.2 Å². The van der Waals surface area contributed by atoms with Crippen LogP contribution in [-0.2, 0) is 15.4 Å². The van der Waals surface area contributed by atoms with Crippen molar-refractivity contribution in [1.82, 2.24) is 5.16 Å². The maximum absolute atomic E-state index is 13.2. The minimum absolute atomic E-state index is 0.0383. The molecular weight excluding hydrogens is 402 g/mol. The lowest BCUT2D eigenvalue weighted by Gasteiger charge is -2.23. The molecule has 8 heteroatoms. The van der Waals surface area contributed by atoms with Gasteiger partial charge in [0.05, 0.1) is 10.6 Å². The lowest BCUT2D eigenvalue weighted by molar-refractivity contribution is 0.102. The standard InChI is InChI=1S/C22H25N3O4S/c1-5-25(17-11-7-6-8-12-17)30(27,28)18-13-9-10-16(14-18)21(26)23-20-15-19(29-24-20)22(2,3)4/h6-15H,5H2,1-4H3,(H,23,24,26). The van der Waals surface area contributed by atoms with Crippen molar-refractivity contribution in [3.05, 3.63) is 72.0 Å². The van der Waals surface area contributed by atoms with Gasteiger partial charge in [0.25, 0.3) is 15.9 Å². The number of hydrogen-bond acceptors (Lipinski definition) is 5. The molecule has 0 saturated carbocycles. The van der Waals surface area contributed by atoms with E-state index in [1.165, 1.54) is 16.4 Å². The second-order valence-corrected chi connectivity index (χ2v) is 9.68. The summed E-state index contributed by atoms with van der Waals surface area (Å²) in [5.74, 6) is 0.441. The highest BCUT2D eigenvalue weighted by atomic mass is 32.2. The van der Waals surface area contributed by atoms with Gasteiger partial charge in [0, 0.05) is 23.6 Å². The van der Waals surface area contributed by atoms with Gasteiger partial charge < -0.3 is 9.84 Å². The number of nitrogens with zero attached hydrogens (tertiary/aromatic N) is 2. The fourth-order valence-corrected chi connectivity index (χ4v) is 4.41. The van der Waals surface area contributed by atoms with Crippen molar-refractivity contribution < 1.29 is 17.7 Å². The number of carbonyl (C=O) groups is 1. The van der Waals surface area contributed by atoms with Gasteiger partial charge >= 0.3 is 0 Å². The summed E-state index contributed by atoms with van der Waals surface area (Å²) in [6.45, 7) is 7.94. The number of anilines is 2. The first-order chi connectivity index (χ1) is 14.1. The minimum atomic E-state index is -3.83. The Kier molecular flexibility index (Phi) is 5.98. The summed E-state index contributed by atoms with van der Waals surface area (Å²) < 4.78 is 32.9. The Morgan fingerprint density at radius 1 is 1.07 bits per heavy atom. The molecule has 0 bridgehead atoms. The maximum Gasteiger partial charge on any atom is 0.264 e. The second kappa shape index (κ2) is 8.31. The van der Waals surface area contributed by atoms with Crippen molar-refractivity contribution >= 4 is 27.4 Å². The lowest BCUT2D eigenvalue weighted by atomic mass is 9.93. The first kappa shape index (κ1) is 21.6. The number of nitrogens with one attached hydrogen (secondary N) is 1. The first-order valence-corrected chi connectivity index (χ1v) is 11.0. The zero-order chi connectivity index (χ0) is 21.9. The summed E-state index contributed by atoms with van der Waals surface area (Å²) in [6.07, 6.45) is 0. The summed E-state index contributed by atoms with van der Waals surface area (Å²) in [7, 11) is -3.83. The normalized spacial score (nSPS) is 11.9. The van der Waals surface area contributed by atoms with E-state index >= 15 is 0 Å². The van der Waals surface area contributed by atoms with Crippen LogP contribution in [0.3, 0.4) is 0 Å². The number of rotatable bonds is 6. The van der Waals surface area contributed by atoms with E-state index < -0.39 is 15.9 Å². The molecule has 1 N–H and O–H groups in total. The third kappa shape index (κ3) is 4.54. The van der Waals surface area contributed by atoms with E-state index in [1.54, 1.807) is 49.4 Å². The van der Waals surface area contributed by atoms with E-state index in [1.807, 2.05) is 26.8 Å². The summed E-state index contributed by atoms with van der Waals surface area (Å²) in [6, 6.07) is 16.4. The van der Waals surface area contributed by atoms with Crippen molar-refractivity contribution in [2.75, 3.05) is 16.2 Å². The van der Waals surface area contributed by atoms with Gasteiger partial charge in [-0.2, -0.15) is 0 Å². The van der Waals surface area contributed by atoms with Crippen molar-refractivity contribution in [3.8, 4) is 0 Å². The predicted molar refractivity (Wildman–Crippen MR) is 116 cm³/mol. The monoisotopic (exact) mass is 427 g/mol. The molecule has 1 aromatic heterocycles. The number of aromatic nitrogens is 1. The second-order valence-electron chi connectivity index (χ2n) is 7.81. The number of sulfonamides is 1. The van der Waals surface area contributed by atoms with Crippen LogP contribution in [-0.4, -0.2) is 26.0 Å². The largest absolute Gasteiger partial charge is 0.359 e. The Hall–Kier alpha value is -3.13. The van der Waals surface area contributed by atoms with E-state index in [4.69, 9.17) is 4.52 Å². The molecule has 0 atom stereocenters. The van der Waals surface area contributed by atoms with Gasteiger partial charge in [0.15, 0.2) is 5.82 Å². The number of carbonyl (C=O) groups excluding carboxylic acids is 1. The van der Waals surface area contributed by atoms with Crippen LogP contribution in [0, 0.1) is 0 Å². The van der Waals surface area contributed by atoms with Crippen molar-refractivity contribution in [1.29, 1.82) is 0 Å². The third-order valence-corrected chi connectivity index (χ3v) is 6.41. The van der Waals surface area contributed by atoms with E-state index in [0.29, 0.717) is 11.4 Å². The molecule has 1 heterocycles. The third-order valence-electron chi connectivity index (χ3n) is 4.51. The molecule has 158 valence electrons. The highest BCUT2D eigenvalue weighted by molar-refractivity contribution is 7.92. The zero-order valence-electron chi connectivity index (χ0n) is 17.4. The first-order valence-electron chi connectivity index (χ1n) is 9.59. The molecule has 2 aromatic carbocycles. The summed E-state index contributed by atoms with van der Waals surface area (Å²) in [5.41, 5.74) is 0.526. The molecule has 0 fully saturated rings. The highest BCUT2D eigenvalue weighted by Crippen LogP contribution is 2.26. The summed E-state index contributed by atoms with van der Waals surface area (Å²) in [4.78, 5) is 12.7. The van der Waals surface area contributed by atoms with Gasteiger partial charge in [0.1, 0.15) is 5.76 Å². The van der Waals surface area contributed by atoms with Crippen LogP contribution in [0.4, 0.5) is 11.5 Å². The van der Waals surface area contributed by atoms with Gasteiger partial charge in [-0.25, -0.2) is 8.42 Å². The number of amides is 1. The van der Waals surface area contributed by atoms with Crippen LogP contribution in [0.1, 0.15) is 43.8 Å².